The highest BCUT2D eigenvalue weighted by Gasteiger charge is 2.31. The van der Waals surface area contributed by atoms with Gasteiger partial charge in [0.25, 0.3) is 0 Å². The van der Waals surface area contributed by atoms with Crippen LogP contribution in [-0.4, -0.2) is 41.4 Å². The maximum Gasteiger partial charge on any atom is 0.240 e. The Labute approximate surface area is 90.4 Å². The molecule has 1 aliphatic rings. The third kappa shape index (κ3) is 2.89. The summed E-state index contributed by atoms with van der Waals surface area (Å²) in [5, 5.41) is 0. The molecule has 0 aromatic heterocycles. The monoisotopic (exact) mass is 216 g/mol. The average Bonchev–Trinajstić information content (AvgIpc) is 2.15. The summed E-state index contributed by atoms with van der Waals surface area (Å²) in [6.07, 6.45) is 0. The molecule has 0 bridgehead atoms. The molecule has 1 aliphatic heterocycles. The third-order valence-electron chi connectivity index (χ3n) is 2.52. The molecule has 1 saturated heterocycles. The zero-order chi connectivity index (χ0) is 10.8. The van der Waals surface area contributed by atoms with Crippen LogP contribution in [0.3, 0.4) is 0 Å². The van der Waals surface area contributed by atoms with Crippen molar-refractivity contribution in [1.29, 1.82) is 0 Å². The summed E-state index contributed by atoms with van der Waals surface area (Å²) in [7, 11) is 0. The molecule has 82 valence electrons. The van der Waals surface area contributed by atoms with E-state index in [0.717, 1.165) is 24.6 Å². The van der Waals surface area contributed by atoms with Crippen molar-refractivity contribution in [3.8, 4) is 0 Å². The summed E-state index contributed by atoms with van der Waals surface area (Å²) in [4.78, 5) is 13.8. The van der Waals surface area contributed by atoms with Crippen LogP contribution in [0.5, 0.6) is 0 Å². The van der Waals surface area contributed by atoms with Gasteiger partial charge in [0.05, 0.1) is 6.04 Å². The lowest BCUT2D eigenvalue weighted by Gasteiger charge is -2.33. The minimum absolute atomic E-state index is 0.109. The van der Waals surface area contributed by atoms with Crippen molar-refractivity contribution in [3.05, 3.63) is 0 Å². The summed E-state index contributed by atoms with van der Waals surface area (Å²) in [5.41, 5.74) is 5.79. The van der Waals surface area contributed by atoms with Crippen molar-refractivity contribution in [2.45, 2.75) is 26.8 Å². The summed E-state index contributed by atoms with van der Waals surface area (Å²) < 4.78 is 0. The molecule has 1 unspecified atom stereocenters. The van der Waals surface area contributed by atoms with E-state index >= 15 is 0 Å². The minimum Gasteiger partial charge on any atom is -0.340 e. The van der Waals surface area contributed by atoms with Gasteiger partial charge in [0.1, 0.15) is 0 Å². The van der Waals surface area contributed by atoms with Crippen molar-refractivity contribution in [2.24, 2.45) is 11.1 Å². The normalized spacial score (nSPS) is 20.7. The summed E-state index contributed by atoms with van der Waals surface area (Å²) in [6.45, 7) is 7.73. The van der Waals surface area contributed by atoms with Crippen LogP contribution in [0.4, 0.5) is 0 Å². The van der Waals surface area contributed by atoms with Gasteiger partial charge >= 0.3 is 0 Å². The minimum atomic E-state index is -0.370. The number of hydrogen-bond donors (Lipinski definition) is 1. The van der Waals surface area contributed by atoms with Crippen LogP contribution in [-0.2, 0) is 4.79 Å². The van der Waals surface area contributed by atoms with Gasteiger partial charge in [-0.05, 0) is 5.41 Å². The van der Waals surface area contributed by atoms with Crippen LogP contribution in [0.25, 0.3) is 0 Å². The van der Waals surface area contributed by atoms with Gasteiger partial charge in [-0.1, -0.05) is 20.8 Å². The first-order chi connectivity index (χ1) is 6.43. The quantitative estimate of drug-likeness (QED) is 0.709. The largest absolute Gasteiger partial charge is 0.340 e. The van der Waals surface area contributed by atoms with Gasteiger partial charge in [-0.2, -0.15) is 11.8 Å². The van der Waals surface area contributed by atoms with Crippen LogP contribution in [0.2, 0.25) is 0 Å². The molecule has 1 amide bonds. The number of hydrogen-bond acceptors (Lipinski definition) is 3. The van der Waals surface area contributed by atoms with Crippen LogP contribution >= 0.6 is 11.8 Å². The lowest BCUT2D eigenvalue weighted by Crippen LogP contribution is -2.52. The third-order valence-corrected chi connectivity index (χ3v) is 3.46. The molecular weight excluding hydrogens is 196 g/mol. The van der Waals surface area contributed by atoms with Crippen molar-refractivity contribution >= 4 is 17.7 Å². The number of carbonyl (C=O) groups excluding carboxylic acids is 1. The van der Waals surface area contributed by atoms with Crippen LogP contribution < -0.4 is 5.73 Å². The molecule has 0 saturated carbocycles. The van der Waals surface area contributed by atoms with Gasteiger partial charge in [-0.15, -0.1) is 0 Å². The summed E-state index contributed by atoms with van der Waals surface area (Å²) in [5.74, 6) is 2.20. The van der Waals surface area contributed by atoms with E-state index in [1.54, 1.807) is 0 Å². The van der Waals surface area contributed by atoms with Gasteiger partial charge in [0, 0.05) is 24.6 Å². The van der Waals surface area contributed by atoms with Gasteiger partial charge in [-0.25, -0.2) is 0 Å². The Morgan fingerprint density at radius 3 is 2.29 bits per heavy atom. The molecule has 0 aromatic rings. The highest BCUT2D eigenvalue weighted by molar-refractivity contribution is 7.99. The molecule has 2 N–H and O–H groups in total. The van der Waals surface area contributed by atoms with Gasteiger partial charge in [0.15, 0.2) is 0 Å². The molecule has 14 heavy (non-hydrogen) atoms. The lowest BCUT2D eigenvalue weighted by molar-refractivity contribution is -0.134. The van der Waals surface area contributed by atoms with Crippen LogP contribution in [0.15, 0.2) is 0 Å². The van der Waals surface area contributed by atoms with Crippen molar-refractivity contribution in [1.82, 2.24) is 4.90 Å². The Balaban J connectivity index is 2.55. The number of nitrogens with zero attached hydrogens (tertiary/aromatic N) is 1. The number of rotatable bonds is 1. The van der Waals surface area contributed by atoms with Crippen LogP contribution in [0.1, 0.15) is 20.8 Å². The van der Waals surface area contributed by atoms with Crippen molar-refractivity contribution in [3.63, 3.8) is 0 Å². The predicted molar refractivity (Wildman–Crippen MR) is 61.3 cm³/mol. The Morgan fingerprint density at radius 2 is 1.86 bits per heavy atom. The number of amides is 1. The summed E-state index contributed by atoms with van der Waals surface area (Å²) >= 11 is 1.90. The highest BCUT2D eigenvalue weighted by atomic mass is 32.2. The van der Waals surface area contributed by atoms with E-state index in [4.69, 9.17) is 5.73 Å². The smallest absolute Gasteiger partial charge is 0.240 e. The SMILES string of the molecule is CC(C)(C)C(N)C(=O)N1CCSCC1. The van der Waals surface area contributed by atoms with E-state index in [1.807, 2.05) is 37.4 Å². The zero-order valence-electron chi connectivity index (χ0n) is 9.25. The van der Waals surface area contributed by atoms with Crippen molar-refractivity contribution in [2.75, 3.05) is 24.6 Å². The molecule has 1 fully saturated rings. The van der Waals surface area contributed by atoms with E-state index in [-0.39, 0.29) is 17.4 Å². The molecule has 4 heteroatoms. The molecule has 1 heterocycles. The fourth-order valence-electron chi connectivity index (χ4n) is 1.35. The number of nitrogens with two attached hydrogens (primary N) is 1. The lowest BCUT2D eigenvalue weighted by atomic mass is 9.86. The van der Waals surface area contributed by atoms with E-state index in [2.05, 4.69) is 0 Å². The molecular formula is C10H20N2OS. The van der Waals surface area contributed by atoms with Gasteiger partial charge < -0.3 is 10.6 Å². The Kier molecular flexibility index (Phi) is 3.84. The van der Waals surface area contributed by atoms with Crippen LogP contribution in [0, 0.1) is 5.41 Å². The Hall–Kier alpha value is -0.220. The molecule has 0 aliphatic carbocycles. The first-order valence-electron chi connectivity index (χ1n) is 5.05. The van der Waals surface area contributed by atoms with Gasteiger partial charge in [-0.3, -0.25) is 4.79 Å². The first-order valence-corrected chi connectivity index (χ1v) is 6.20. The van der Waals surface area contributed by atoms with E-state index < -0.39 is 0 Å². The second kappa shape index (κ2) is 4.53. The first kappa shape index (κ1) is 11.9. The molecule has 0 radical (unpaired) electrons. The standard InChI is InChI=1S/C10H20N2OS/c1-10(2,3)8(11)9(13)12-4-6-14-7-5-12/h8H,4-7,11H2,1-3H3. The molecule has 3 nitrogen and oxygen atoms in total. The predicted octanol–water partition coefficient (Wildman–Crippen LogP) is 0.935. The topological polar surface area (TPSA) is 46.3 Å². The van der Waals surface area contributed by atoms with Gasteiger partial charge in [0.2, 0.25) is 5.91 Å². The Morgan fingerprint density at radius 1 is 1.36 bits per heavy atom. The fraction of sp³-hybridized carbons (Fsp3) is 0.900. The van der Waals surface area contributed by atoms with E-state index in [1.165, 1.54) is 0 Å². The Bertz CT molecular complexity index is 207. The maximum absolute atomic E-state index is 11.9. The maximum atomic E-state index is 11.9. The molecule has 1 rings (SSSR count). The average molecular weight is 216 g/mol. The second-order valence-corrected chi connectivity index (χ2v) is 6.01. The fourth-order valence-corrected chi connectivity index (χ4v) is 2.25. The molecule has 0 spiro atoms. The molecule has 1 atom stereocenters. The zero-order valence-corrected chi connectivity index (χ0v) is 10.1. The summed E-state index contributed by atoms with van der Waals surface area (Å²) in [6, 6.07) is -0.370. The van der Waals surface area contributed by atoms with E-state index in [9.17, 15) is 4.79 Å². The highest BCUT2D eigenvalue weighted by Crippen LogP contribution is 2.20. The number of carbonyl (C=O) groups is 1. The second-order valence-electron chi connectivity index (χ2n) is 4.78. The van der Waals surface area contributed by atoms with Crippen molar-refractivity contribution < 1.29 is 4.79 Å². The number of thioether (sulfide) groups is 1. The molecule has 0 aromatic carbocycles. The van der Waals surface area contributed by atoms with E-state index in [0.29, 0.717) is 0 Å².